The molecule has 0 aliphatic heterocycles. The zero-order valence-electron chi connectivity index (χ0n) is 13.4. The molecule has 6 heteroatoms. The fraction of sp³-hybridized carbons (Fsp3) is 0.222. The van der Waals surface area contributed by atoms with E-state index in [9.17, 15) is 9.18 Å². The molecule has 2 N–H and O–H groups in total. The summed E-state index contributed by atoms with van der Waals surface area (Å²) in [6.45, 7) is 4.34. The number of aromatic amines is 1. The number of hydrogen-bond donors (Lipinski definition) is 2. The van der Waals surface area contributed by atoms with Crippen molar-refractivity contribution < 1.29 is 9.18 Å². The van der Waals surface area contributed by atoms with Crippen LogP contribution in [-0.4, -0.2) is 22.4 Å². The van der Waals surface area contributed by atoms with E-state index in [1.807, 2.05) is 13.8 Å². The van der Waals surface area contributed by atoms with Crippen molar-refractivity contribution in [1.82, 2.24) is 15.3 Å². The van der Waals surface area contributed by atoms with Crippen LogP contribution < -0.4 is 5.32 Å². The fourth-order valence-electron chi connectivity index (χ4n) is 2.88. The quantitative estimate of drug-likeness (QED) is 0.661. The van der Waals surface area contributed by atoms with Crippen molar-refractivity contribution in [3.63, 3.8) is 0 Å². The van der Waals surface area contributed by atoms with Crippen molar-refractivity contribution in [3.05, 3.63) is 63.3 Å². The number of carbonyl (C=O) groups excluding carboxylic acids is 1. The third kappa shape index (κ3) is 3.19. The molecule has 3 aromatic rings. The van der Waals surface area contributed by atoms with Crippen LogP contribution >= 0.6 is 15.9 Å². The number of H-pyrrole nitrogens is 1. The van der Waals surface area contributed by atoms with Gasteiger partial charge >= 0.3 is 0 Å². The molecule has 0 unspecified atom stereocenters. The second-order valence-corrected chi connectivity index (χ2v) is 6.51. The van der Waals surface area contributed by atoms with Gasteiger partial charge in [0.2, 0.25) is 0 Å². The van der Waals surface area contributed by atoms with Crippen molar-refractivity contribution in [2.75, 3.05) is 6.54 Å². The predicted octanol–water partition coefficient (Wildman–Crippen LogP) is 4.05. The normalized spacial score (nSPS) is 11.0. The Morgan fingerprint density at radius 3 is 2.83 bits per heavy atom. The first-order valence-electron chi connectivity index (χ1n) is 7.64. The average Bonchev–Trinajstić information content (AvgIpc) is 2.89. The number of hydrogen-bond acceptors (Lipinski definition) is 2. The first kappa shape index (κ1) is 16.6. The summed E-state index contributed by atoms with van der Waals surface area (Å²) in [5.41, 5.74) is 3.87. The van der Waals surface area contributed by atoms with Gasteiger partial charge in [0, 0.05) is 17.6 Å². The van der Waals surface area contributed by atoms with Gasteiger partial charge < -0.3 is 10.3 Å². The maximum absolute atomic E-state index is 14.0. The Balaban J connectivity index is 1.76. The van der Waals surface area contributed by atoms with E-state index < -0.39 is 0 Å². The summed E-state index contributed by atoms with van der Waals surface area (Å²) in [6.07, 6.45) is 0.621. The van der Waals surface area contributed by atoms with E-state index in [0.29, 0.717) is 28.8 Å². The number of halogens is 2. The topological polar surface area (TPSA) is 57.8 Å². The summed E-state index contributed by atoms with van der Waals surface area (Å²) in [4.78, 5) is 19.4. The van der Waals surface area contributed by atoms with Gasteiger partial charge in [-0.2, -0.15) is 0 Å². The van der Waals surface area contributed by atoms with Gasteiger partial charge in [-0.05, 0) is 65.5 Å². The number of fused-ring (bicyclic) bond motifs is 1. The minimum atomic E-state index is -0.257. The Morgan fingerprint density at radius 1 is 1.29 bits per heavy atom. The monoisotopic (exact) mass is 389 g/mol. The maximum Gasteiger partial charge on any atom is 0.269 e. The van der Waals surface area contributed by atoms with Crippen molar-refractivity contribution in [3.8, 4) is 0 Å². The second kappa shape index (κ2) is 6.73. The van der Waals surface area contributed by atoms with Crippen molar-refractivity contribution in [2.45, 2.75) is 20.3 Å². The van der Waals surface area contributed by atoms with Gasteiger partial charge in [-0.3, -0.25) is 4.79 Å². The van der Waals surface area contributed by atoms with Crippen LogP contribution in [0.5, 0.6) is 0 Å². The van der Waals surface area contributed by atoms with Crippen LogP contribution in [-0.2, 0) is 6.42 Å². The highest BCUT2D eigenvalue weighted by Gasteiger charge is 2.14. The highest BCUT2D eigenvalue weighted by molar-refractivity contribution is 9.10. The Kier molecular flexibility index (Phi) is 4.66. The van der Waals surface area contributed by atoms with Crippen LogP contribution in [0.1, 0.15) is 27.3 Å². The van der Waals surface area contributed by atoms with Gasteiger partial charge in [0.05, 0.1) is 5.52 Å². The highest BCUT2D eigenvalue weighted by atomic mass is 79.9. The van der Waals surface area contributed by atoms with Crippen LogP contribution in [0.25, 0.3) is 10.9 Å². The largest absolute Gasteiger partial charge is 0.356 e. The molecule has 0 spiro atoms. The lowest BCUT2D eigenvalue weighted by Crippen LogP contribution is -2.26. The van der Waals surface area contributed by atoms with Crippen LogP contribution in [0.2, 0.25) is 0 Å². The molecule has 2 aromatic heterocycles. The van der Waals surface area contributed by atoms with Crippen LogP contribution in [0.4, 0.5) is 4.39 Å². The molecule has 0 saturated carbocycles. The summed E-state index contributed by atoms with van der Waals surface area (Å²) in [5.74, 6) is -0.482. The van der Waals surface area contributed by atoms with Crippen LogP contribution in [0, 0.1) is 19.7 Å². The average molecular weight is 390 g/mol. The van der Waals surface area contributed by atoms with Crippen molar-refractivity contribution >= 4 is 32.7 Å². The van der Waals surface area contributed by atoms with E-state index in [1.54, 1.807) is 24.3 Å². The summed E-state index contributed by atoms with van der Waals surface area (Å²) < 4.78 is 14.6. The zero-order valence-corrected chi connectivity index (χ0v) is 15.0. The van der Waals surface area contributed by atoms with Gasteiger partial charge in [-0.25, -0.2) is 9.37 Å². The number of carbonyl (C=O) groups is 1. The van der Waals surface area contributed by atoms with E-state index >= 15 is 0 Å². The SMILES string of the molecule is Cc1[nH]c2c(F)ccc(C)c2c1CCNC(=O)c1cccc(Br)n1. The molecule has 0 radical (unpaired) electrons. The summed E-state index contributed by atoms with van der Waals surface area (Å²) in [7, 11) is 0. The molecule has 0 aliphatic carbocycles. The van der Waals surface area contributed by atoms with Gasteiger partial charge in [0.15, 0.2) is 0 Å². The maximum atomic E-state index is 14.0. The first-order chi connectivity index (χ1) is 11.5. The van der Waals surface area contributed by atoms with E-state index in [4.69, 9.17) is 0 Å². The third-order valence-electron chi connectivity index (χ3n) is 4.04. The first-order valence-corrected chi connectivity index (χ1v) is 8.43. The molecule has 0 saturated heterocycles. The lowest BCUT2D eigenvalue weighted by molar-refractivity contribution is 0.0949. The minimum Gasteiger partial charge on any atom is -0.356 e. The smallest absolute Gasteiger partial charge is 0.269 e. The van der Waals surface area contributed by atoms with E-state index in [2.05, 4.69) is 31.2 Å². The second-order valence-electron chi connectivity index (χ2n) is 5.69. The lowest BCUT2D eigenvalue weighted by Gasteiger charge is -2.07. The molecule has 0 fully saturated rings. The Hall–Kier alpha value is -2.21. The third-order valence-corrected chi connectivity index (χ3v) is 4.48. The van der Waals surface area contributed by atoms with Crippen molar-refractivity contribution in [1.29, 1.82) is 0 Å². The molecule has 124 valence electrons. The van der Waals surface area contributed by atoms with Gasteiger partial charge in [-0.1, -0.05) is 12.1 Å². The fourth-order valence-corrected chi connectivity index (χ4v) is 3.23. The zero-order chi connectivity index (χ0) is 17.3. The number of pyridine rings is 1. The molecular formula is C18H17BrFN3O. The number of amides is 1. The number of nitrogens with one attached hydrogen (secondary N) is 2. The molecule has 4 nitrogen and oxygen atoms in total. The number of aromatic nitrogens is 2. The standard InChI is InChI=1S/C18H17BrFN3O/c1-10-6-7-13(20)17-16(10)12(11(2)22-17)8-9-21-18(24)14-4-3-5-15(19)23-14/h3-7,22H,8-9H2,1-2H3,(H,21,24). The number of rotatable bonds is 4. The summed E-state index contributed by atoms with van der Waals surface area (Å²) in [5, 5.41) is 3.77. The Bertz CT molecular complexity index is 920. The number of aryl methyl sites for hydroxylation is 2. The summed E-state index contributed by atoms with van der Waals surface area (Å²) in [6, 6.07) is 8.44. The van der Waals surface area contributed by atoms with Gasteiger partial charge in [0.25, 0.3) is 5.91 Å². The van der Waals surface area contributed by atoms with E-state index in [-0.39, 0.29) is 11.7 Å². The summed E-state index contributed by atoms with van der Waals surface area (Å²) >= 11 is 3.25. The molecule has 1 amide bonds. The highest BCUT2D eigenvalue weighted by Crippen LogP contribution is 2.27. The van der Waals surface area contributed by atoms with Gasteiger partial charge in [-0.15, -0.1) is 0 Å². The molecule has 0 aliphatic rings. The molecular weight excluding hydrogens is 373 g/mol. The lowest BCUT2D eigenvalue weighted by atomic mass is 10.0. The number of nitrogens with zero attached hydrogens (tertiary/aromatic N) is 1. The Labute approximate surface area is 147 Å². The molecule has 3 rings (SSSR count). The molecule has 0 atom stereocenters. The minimum absolute atomic E-state index is 0.225. The predicted molar refractivity (Wildman–Crippen MR) is 95.7 cm³/mol. The number of benzene rings is 1. The van der Waals surface area contributed by atoms with Crippen LogP contribution in [0.3, 0.4) is 0 Å². The molecule has 0 bridgehead atoms. The van der Waals surface area contributed by atoms with E-state index in [0.717, 1.165) is 22.2 Å². The molecule has 1 aromatic carbocycles. The Morgan fingerprint density at radius 2 is 2.08 bits per heavy atom. The molecule has 2 heterocycles. The van der Waals surface area contributed by atoms with Gasteiger partial charge in [0.1, 0.15) is 16.1 Å². The van der Waals surface area contributed by atoms with E-state index in [1.165, 1.54) is 6.07 Å². The molecule has 24 heavy (non-hydrogen) atoms. The van der Waals surface area contributed by atoms with Crippen molar-refractivity contribution in [2.24, 2.45) is 0 Å². The van der Waals surface area contributed by atoms with Crippen LogP contribution in [0.15, 0.2) is 34.9 Å².